The fraction of sp³-hybridized carbons (Fsp3) is 0.667. The lowest BCUT2D eigenvalue weighted by molar-refractivity contribution is 0.0421. The zero-order valence-corrected chi connectivity index (χ0v) is 17.0. The number of hydrogen-bond donors (Lipinski definition) is 0. The number of rotatable bonds is 8. The largest absolute Gasteiger partial charge is 0.379 e. The minimum atomic E-state index is 0.295. The van der Waals surface area contributed by atoms with Crippen LogP contribution in [-0.4, -0.2) is 42.9 Å². The Labute approximate surface area is 158 Å². The van der Waals surface area contributed by atoms with Crippen LogP contribution in [0.1, 0.15) is 47.0 Å². The van der Waals surface area contributed by atoms with E-state index in [1.165, 1.54) is 16.7 Å². The first kappa shape index (κ1) is 20.4. The molecule has 1 aliphatic carbocycles. The number of allylic oxidation sites excluding steroid dienone is 3. The average molecular weight is 365 g/mol. The molecule has 2 atom stereocenters. The van der Waals surface area contributed by atoms with E-state index >= 15 is 0 Å². The zero-order chi connectivity index (χ0) is 18.4. The quantitative estimate of drug-likeness (QED) is 0.554. The standard InChI is InChI=1S/C21H33ClN2O/c1-6-15(3)17(5)19-12-18(14-24-8-10-25-11-9-24)13-20(19)23-21(22)16(4)7-2/h13,15-16H,5-12,14H2,1-4H3. The summed E-state index contributed by atoms with van der Waals surface area (Å²) in [4.78, 5) is 7.25. The molecule has 140 valence electrons. The Hall–Kier alpha value is -0.900. The van der Waals surface area contributed by atoms with Gasteiger partial charge in [0, 0.05) is 25.6 Å². The highest BCUT2D eigenvalue weighted by molar-refractivity contribution is 6.66. The summed E-state index contributed by atoms with van der Waals surface area (Å²) in [5, 5.41) is 0.704. The van der Waals surface area contributed by atoms with Gasteiger partial charge < -0.3 is 4.74 Å². The van der Waals surface area contributed by atoms with Gasteiger partial charge in [0.25, 0.3) is 0 Å². The van der Waals surface area contributed by atoms with Crippen molar-refractivity contribution in [3.8, 4) is 0 Å². The molecular formula is C21H33ClN2O. The van der Waals surface area contributed by atoms with Gasteiger partial charge in [-0.3, -0.25) is 4.90 Å². The molecule has 0 aromatic carbocycles. The zero-order valence-electron chi connectivity index (χ0n) is 16.3. The predicted octanol–water partition coefficient (Wildman–Crippen LogP) is 5.19. The monoisotopic (exact) mass is 364 g/mol. The van der Waals surface area contributed by atoms with E-state index in [4.69, 9.17) is 21.3 Å². The van der Waals surface area contributed by atoms with Crippen LogP contribution in [0, 0.1) is 11.8 Å². The van der Waals surface area contributed by atoms with E-state index in [0.29, 0.717) is 17.0 Å². The second-order valence-corrected chi connectivity index (χ2v) is 7.70. The molecule has 0 saturated carbocycles. The molecule has 4 heteroatoms. The van der Waals surface area contributed by atoms with Crippen LogP contribution in [0.4, 0.5) is 0 Å². The lowest BCUT2D eigenvalue weighted by Gasteiger charge is -2.27. The molecule has 25 heavy (non-hydrogen) atoms. The fourth-order valence-corrected chi connectivity index (χ4v) is 3.36. The molecule has 0 radical (unpaired) electrons. The maximum Gasteiger partial charge on any atom is 0.109 e. The van der Waals surface area contributed by atoms with E-state index in [-0.39, 0.29) is 0 Å². The topological polar surface area (TPSA) is 24.8 Å². The van der Waals surface area contributed by atoms with Crippen molar-refractivity contribution >= 4 is 16.8 Å². The highest BCUT2D eigenvalue weighted by Crippen LogP contribution is 2.36. The van der Waals surface area contributed by atoms with E-state index in [1.54, 1.807) is 0 Å². The highest BCUT2D eigenvalue weighted by atomic mass is 35.5. The fourth-order valence-electron chi connectivity index (χ4n) is 3.11. The van der Waals surface area contributed by atoms with Crippen LogP contribution in [0.2, 0.25) is 0 Å². The SMILES string of the molecule is C=C(C1=C(N=C(Cl)C(C)CC)C=C(CN2CCOCC2)C1)C(C)CC. The number of morpholine rings is 1. The second-order valence-electron chi connectivity index (χ2n) is 7.31. The highest BCUT2D eigenvalue weighted by Gasteiger charge is 2.23. The molecule has 1 aliphatic heterocycles. The van der Waals surface area contributed by atoms with Crippen molar-refractivity contribution in [1.29, 1.82) is 0 Å². The Kier molecular flexibility index (Phi) is 7.92. The molecule has 2 aliphatic rings. The van der Waals surface area contributed by atoms with Crippen LogP contribution >= 0.6 is 11.6 Å². The summed E-state index contributed by atoms with van der Waals surface area (Å²) in [5.41, 5.74) is 4.93. The minimum absolute atomic E-state index is 0.295. The number of ether oxygens (including phenoxy) is 1. The molecule has 0 aromatic heterocycles. The molecule has 2 unspecified atom stereocenters. The molecule has 0 N–H and O–H groups in total. The smallest absolute Gasteiger partial charge is 0.109 e. The van der Waals surface area contributed by atoms with Crippen molar-refractivity contribution in [2.45, 2.75) is 47.0 Å². The van der Waals surface area contributed by atoms with Gasteiger partial charge in [-0.05, 0) is 48.0 Å². The lowest BCUT2D eigenvalue weighted by atomic mass is 9.91. The lowest BCUT2D eigenvalue weighted by Crippen LogP contribution is -2.37. The summed E-state index contributed by atoms with van der Waals surface area (Å²) in [7, 11) is 0. The Morgan fingerprint density at radius 1 is 1.24 bits per heavy atom. The van der Waals surface area contributed by atoms with Gasteiger partial charge in [0.05, 0.1) is 18.9 Å². The van der Waals surface area contributed by atoms with Crippen LogP contribution in [0.25, 0.3) is 0 Å². The van der Waals surface area contributed by atoms with Gasteiger partial charge in [-0.25, -0.2) is 4.99 Å². The van der Waals surface area contributed by atoms with Crippen molar-refractivity contribution in [3.63, 3.8) is 0 Å². The van der Waals surface area contributed by atoms with Crippen molar-refractivity contribution in [2.75, 3.05) is 32.8 Å². The molecule has 1 saturated heterocycles. The van der Waals surface area contributed by atoms with Crippen LogP contribution in [-0.2, 0) is 4.74 Å². The predicted molar refractivity (Wildman–Crippen MR) is 108 cm³/mol. The maximum atomic E-state index is 6.46. The van der Waals surface area contributed by atoms with Crippen LogP contribution in [0.15, 0.2) is 40.1 Å². The van der Waals surface area contributed by atoms with Gasteiger partial charge >= 0.3 is 0 Å². The first-order valence-electron chi connectivity index (χ1n) is 9.62. The number of nitrogens with zero attached hydrogens (tertiary/aromatic N) is 2. The Balaban J connectivity index is 2.20. The van der Waals surface area contributed by atoms with E-state index in [2.05, 4.69) is 45.2 Å². The summed E-state index contributed by atoms with van der Waals surface area (Å²) in [5.74, 6) is 0.766. The van der Waals surface area contributed by atoms with E-state index in [0.717, 1.165) is 57.8 Å². The third-order valence-corrected chi connectivity index (χ3v) is 5.88. The molecular weight excluding hydrogens is 332 g/mol. The molecule has 2 rings (SSSR count). The molecule has 3 nitrogen and oxygen atoms in total. The van der Waals surface area contributed by atoms with Gasteiger partial charge in [0.15, 0.2) is 0 Å². The molecule has 0 amide bonds. The van der Waals surface area contributed by atoms with Crippen molar-refractivity contribution < 1.29 is 4.74 Å². The van der Waals surface area contributed by atoms with Crippen LogP contribution < -0.4 is 0 Å². The molecule has 1 fully saturated rings. The van der Waals surface area contributed by atoms with Gasteiger partial charge in [0.1, 0.15) is 5.17 Å². The van der Waals surface area contributed by atoms with Crippen molar-refractivity contribution in [3.05, 3.63) is 35.1 Å². The first-order valence-corrected chi connectivity index (χ1v) is 9.99. The number of aliphatic imine (C=N–C) groups is 1. The van der Waals surface area contributed by atoms with E-state index < -0.39 is 0 Å². The molecule has 0 aromatic rings. The average Bonchev–Trinajstić information content (AvgIpc) is 3.02. The Bertz CT molecular complexity index is 570. The van der Waals surface area contributed by atoms with E-state index in [1.807, 2.05) is 0 Å². The Morgan fingerprint density at radius 2 is 1.88 bits per heavy atom. The number of halogens is 1. The normalized spacial score (nSPS) is 22.1. The van der Waals surface area contributed by atoms with Gasteiger partial charge in [-0.15, -0.1) is 0 Å². The molecule has 0 bridgehead atoms. The van der Waals surface area contributed by atoms with Gasteiger partial charge in [-0.2, -0.15) is 0 Å². The van der Waals surface area contributed by atoms with Crippen molar-refractivity contribution in [1.82, 2.24) is 4.90 Å². The summed E-state index contributed by atoms with van der Waals surface area (Å²) in [6.07, 6.45) is 5.28. The maximum absolute atomic E-state index is 6.46. The van der Waals surface area contributed by atoms with E-state index in [9.17, 15) is 0 Å². The third-order valence-electron chi connectivity index (χ3n) is 5.43. The van der Waals surface area contributed by atoms with Crippen molar-refractivity contribution in [2.24, 2.45) is 16.8 Å². The first-order chi connectivity index (χ1) is 12.0. The molecule has 0 spiro atoms. The summed E-state index contributed by atoms with van der Waals surface area (Å²) in [6.45, 7) is 17.8. The van der Waals surface area contributed by atoms with Crippen LogP contribution in [0.3, 0.4) is 0 Å². The van der Waals surface area contributed by atoms with Crippen LogP contribution in [0.5, 0.6) is 0 Å². The summed E-state index contributed by atoms with van der Waals surface area (Å²) in [6, 6.07) is 0. The van der Waals surface area contributed by atoms with Gasteiger partial charge in [-0.1, -0.05) is 45.9 Å². The minimum Gasteiger partial charge on any atom is -0.379 e. The third kappa shape index (κ3) is 5.54. The molecule has 1 heterocycles. The second kappa shape index (κ2) is 9.70. The van der Waals surface area contributed by atoms with Gasteiger partial charge in [0.2, 0.25) is 0 Å². The summed E-state index contributed by atoms with van der Waals surface area (Å²) < 4.78 is 5.46. The Morgan fingerprint density at radius 3 is 2.48 bits per heavy atom. The summed E-state index contributed by atoms with van der Waals surface area (Å²) >= 11 is 6.46. The number of hydrogen-bond acceptors (Lipinski definition) is 3.